The van der Waals surface area contributed by atoms with Crippen LogP contribution >= 0.6 is 11.6 Å². The number of hydrogen-bond donors (Lipinski definition) is 0. The highest BCUT2D eigenvalue weighted by atomic mass is 35.5. The van der Waals surface area contributed by atoms with Crippen LogP contribution in [0.1, 0.15) is 23.2 Å². The van der Waals surface area contributed by atoms with Gasteiger partial charge in [0.25, 0.3) is 0 Å². The van der Waals surface area contributed by atoms with Crippen molar-refractivity contribution in [3.8, 4) is 5.75 Å². The molecule has 1 heterocycles. The molecule has 0 unspecified atom stereocenters. The van der Waals surface area contributed by atoms with Crippen LogP contribution in [0.2, 0.25) is 5.02 Å². The van der Waals surface area contributed by atoms with Crippen molar-refractivity contribution in [1.29, 1.82) is 0 Å². The molecule has 0 aliphatic carbocycles. The predicted octanol–water partition coefficient (Wildman–Crippen LogP) is 2.76. The van der Waals surface area contributed by atoms with E-state index in [9.17, 15) is 4.79 Å². The number of carbonyl (C=O) groups is 1. The Bertz CT molecular complexity index is 400. The fraction of sp³-hybridized carbons (Fsp3) is 0.417. The van der Waals surface area contributed by atoms with E-state index in [0.29, 0.717) is 16.3 Å². The molecular weight excluding hydrogens is 226 g/mol. The van der Waals surface area contributed by atoms with Crippen LogP contribution in [0.25, 0.3) is 0 Å². The molecule has 0 amide bonds. The minimum Gasteiger partial charge on any atom is -0.495 e. The van der Waals surface area contributed by atoms with Crippen molar-refractivity contribution in [1.82, 2.24) is 0 Å². The molecule has 0 saturated carbocycles. The highest BCUT2D eigenvalue weighted by Gasteiger charge is 2.18. The molecule has 16 heavy (non-hydrogen) atoms. The number of anilines is 1. The smallest absolute Gasteiger partial charge is 0.151 e. The number of rotatable bonds is 3. The van der Waals surface area contributed by atoms with Crippen LogP contribution in [0.3, 0.4) is 0 Å². The van der Waals surface area contributed by atoms with Gasteiger partial charge < -0.3 is 9.64 Å². The number of hydrogen-bond acceptors (Lipinski definition) is 3. The summed E-state index contributed by atoms with van der Waals surface area (Å²) in [6.07, 6.45) is 3.13. The molecule has 1 aliphatic heterocycles. The lowest BCUT2D eigenvalue weighted by atomic mass is 10.2. The summed E-state index contributed by atoms with van der Waals surface area (Å²) in [5.74, 6) is 0.716. The van der Waals surface area contributed by atoms with Crippen LogP contribution in [-0.4, -0.2) is 26.5 Å². The molecule has 1 aliphatic rings. The van der Waals surface area contributed by atoms with E-state index in [1.807, 2.05) is 6.07 Å². The van der Waals surface area contributed by atoms with Gasteiger partial charge in [-0.3, -0.25) is 4.79 Å². The zero-order valence-corrected chi connectivity index (χ0v) is 9.96. The number of nitrogens with zero attached hydrogens (tertiary/aromatic N) is 1. The molecule has 0 atom stereocenters. The lowest BCUT2D eigenvalue weighted by Gasteiger charge is -2.21. The van der Waals surface area contributed by atoms with Gasteiger partial charge in [-0.15, -0.1) is 0 Å². The number of ether oxygens (including phenoxy) is 1. The Morgan fingerprint density at radius 1 is 1.38 bits per heavy atom. The summed E-state index contributed by atoms with van der Waals surface area (Å²) in [4.78, 5) is 13.0. The average Bonchev–Trinajstić information content (AvgIpc) is 2.82. The summed E-state index contributed by atoms with van der Waals surface area (Å²) < 4.78 is 5.30. The lowest BCUT2D eigenvalue weighted by molar-refractivity contribution is 0.112. The first-order valence-electron chi connectivity index (χ1n) is 5.34. The van der Waals surface area contributed by atoms with Crippen molar-refractivity contribution < 1.29 is 9.53 Å². The topological polar surface area (TPSA) is 29.5 Å². The van der Waals surface area contributed by atoms with Crippen LogP contribution < -0.4 is 9.64 Å². The van der Waals surface area contributed by atoms with E-state index >= 15 is 0 Å². The van der Waals surface area contributed by atoms with Crippen molar-refractivity contribution in [2.45, 2.75) is 12.8 Å². The van der Waals surface area contributed by atoms with E-state index in [4.69, 9.17) is 16.3 Å². The fourth-order valence-electron chi connectivity index (χ4n) is 2.02. The largest absolute Gasteiger partial charge is 0.495 e. The Morgan fingerprint density at radius 3 is 2.62 bits per heavy atom. The van der Waals surface area contributed by atoms with Gasteiger partial charge in [0.1, 0.15) is 5.75 Å². The van der Waals surface area contributed by atoms with Gasteiger partial charge in [0.2, 0.25) is 0 Å². The minimum atomic E-state index is 0.474. The van der Waals surface area contributed by atoms with Crippen LogP contribution in [0, 0.1) is 0 Å². The zero-order valence-electron chi connectivity index (χ0n) is 9.20. The number of methoxy groups -OCH3 is 1. The zero-order chi connectivity index (χ0) is 11.5. The van der Waals surface area contributed by atoms with Crippen molar-refractivity contribution in [2.24, 2.45) is 0 Å². The van der Waals surface area contributed by atoms with Gasteiger partial charge in [-0.05, 0) is 25.0 Å². The second-order valence-corrected chi connectivity index (χ2v) is 4.26. The average molecular weight is 240 g/mol. The summed E-state index contributed by atoms with van der Waals surface area (Å²) in [5.41, 5.74) is 1.46. The van der Waals surface area contributed by atoms with Gasteiger partial charge in [-0.25, -0.2) is 0 Å². The van der Waals surface area contributed by atoms with Crippen molar-refractivity contribution >= 4 is 23.6 Å². The molecule has 0 N–H and O–H groups in total. The fourth-order valence-corrected chi connectivity index (χ4v) is 2.22. The summed E-state index contributed by atoms with van der Waals surface area (Å²) in [5, 5.41) is 0.484. The third-order valence-corrected chi connectivity index (χ3v) is 3.20. The number of aldehydes is 1. The van der Waals surface area contributed by atoms with E-state index < -0.39 is 0 Å². The molecule has 1 saturated heterocycles. The van der Waals surface area contributed by atoms with E-state index in [-0.39, 0.29) is 0 Å². The van der Waals surface area contributed by atoms with Crippen molar-refractivity contribution in [2.75, 3.05) is 25.1 Å². The van der Waals surface area contributed by atoms with Gasteiger partial charge in [0.05, 0.1) is 17.8 Å². The van der Waals surface area contributed by atoms with Crippen LogP contribution in [-0.2, 0) is 0 Å². The molecule has 0 aromatic heterocycles. The third-order valence-electron chi connectivity index (χ3n) is 2.87. The second kappa shape index (κ2) is 4.74. The maximum absolute atomic E-state index is 10.8. The van der Waals surface area contributed by atoms with Crippen LogP contribution in [0.15, 0.2) is 12.1 Å². The SMILES string of the molecule is COc1cc(C=O)c(Cl)cc1N1CCCC1. The first-order valence-corrected chi connectivity index (χ1v) is 5.71. The summed E-state index contributed by atoms with van der Waals surface area (Å²) >= 11 is 6.02. The third kappa shape index (κ3) is 2.00. The molecule has 4 heteroatoms. The van der Waals surface area contributed by atoms with Gasteiger partial charge in [0.15, 0.2) is 6.29 Å². The Labute approximate surface area is 100.0 Å². The van der Waals surface area contributed by atoms with E-state index in [0.717, 1.165) is 25.1 Å². The Kier molecular flexibility index (Phi) is 3.34. The second-order valence-electron chi connectivity index (χ2n) is 3.86. The highest BCUT2D eigenvalue weighted by molar-refractivity contribution is 6.33. The first-order chi connectivity index (χ1) is 7.76. The molecular formula is C12H14ClNO2. The molecule has 0 bridgehead atoms. The number of benzene rings is 1. The van der Waals surface area contributed by atoms with Crippen molar-refractivity contribution in [3.05, 3.63) is 22.7 Å². The van der Waals surface area contributed by atoms with Gasteiger partial charge in [-0.2, -0.15) is 0 Å². The maximum Gasteiger partial charge on any atom is 0.151 e. The molecule has 0 spiro atoms. The normalized spacial score (nSPS) is 15.2. The summed E-state index contributed by atoms with van der Waals surface area (Å²) in [6.45, 7) is 2.04. The molecule has 1 aromatic carbocycles. The van der Waals surface area contributed by atoms with Gasteiger partial charge in [-0.1, -0.05) is 11.6 Å². The molecule has 3 nitrogen and oxygen atoms in total. The van der Waals surface area contributed by atoms with E-state index in [1.165, 1.54) is 12.8 Å². The lowest BCUT2D eigenvalue weighted by Crippen LogP contribution is -2.18. The predicted molar refractivity (Wildman–Crippen MR) is 64.8 cm³/mol. The summed E-state index contributed by atoms with van der Waals surface area (Å²) in [7, 11) is 1.61. The minimum absolute atomic E-state index is 0.474. The summed E-state index contributed by atoms with van der Waals surface area (Å²) in [6, 6.07) is 3.51. The van der Waals surface area contributed by atoms with Gasteiger partial charge >= 0.3 is 0 Å². The highest BCUT2D eigenvalue weighted by Crippen LogP contribution is 2.35. The van der Waals surface area contributed by atoms with Crippen LogP contribution in [0.4, 0.5) is 5.69 Å². The Hall–Kier alpha value is -1.22. The standard InChI is InChI=1S/C12H14ClNO2/c1-16-12-6-9(8-15)10(13)7-11(12)14-4-2-3-5-14/h6-8H,2-5H2,1H3. The van der Waals surface area contributed by atoms with E-state index in [2.05, 4.69) is 4.90 Å². The Morgan fingerprint density at radius 2 is 2.06 bits per heavy atom. The van der Waals surface area contributed by atoms with Crippen molar-refractivity contribution in [3.63, 3.8) is 0 Å². The molecule has 1 fully saturated rings. The molecule has 2 rings (SSSR count). The van der Waals surface area contributed by atoms with E-state index in [1.54, 1.807) is 13.2 Å². The number of carbonyl (C=O) groups excluding carboxylic acids is 1. The number of halogens is 1. The maximum atomic E-state index is 10.8. The molecule has 0 radical (unpaired) electrons. The first kappa shape index (κ1) is 11.3. The van der Waals surface area contributed by atoms with Crippen LogP contribution in [0.5, 0.6) is 5.75 Å². The molecule has 86 valence electrons. The molecule has 1 aromatic rings. The quantitative estimate of drug-likeness (QED) is 0.760. The monoisotopic (exact) mass is 239 g/mol. The Balaban J connectivity index is 2.42. The van der Waals surface area contributed by atoms with Gasteiger partial charge in [0, 0.05) is 18.7 Å².